The van der Waals surface area contributed by atoms with Crippen LogP contribution >= 0.6 is 0 Å². The lowest BCUT2D eigenvalue weighted by Crippen LogP contribution is -2.15. The van der Waals surface area contributed by atoms with Gasteiger partial charge in [0, 0.05) is 35.3 Å². The van der Waals surface area contributed by atoms with Crippen molar-refractivity contribution in [2.75, 3.05) is 23.4 Å². The molecule has 0 aliphatic rings. The Balaban J connectivity index is 1.77. The maximum Gasteiger partial charge on any atom is 0.255 e. The van der Waals surface area contributed by atoms with E-state index in [9.17, 15) is 13.2 Å². The van der Waals surface area contributed by atoms with Crippen LogP contribution in [0.15, 0.2) is 60.9 Å². The lowest BCUT2D eigenvalue weighted by molar-refractivity contribution is 0.102. The van der Waals surface area contributed by atoms with Crippen molar-refractivity contribution in [3.8, 4) is 11.5 Å². The molecule has 2 N–H and O–H groups in total. The Labute approximate surface area is 181 Å². The SMILES string of the molecule is COc1ccc(NC(=O)c2ccc(C)c(NS(C)(=O)=O)c2)cc1OCc1cccnc1. The molecular weight excluding hydrogens is 418 g/mol. The van der Waals surface area contributed by atoms with Gasteiger partial charge in [-0.3, -0.25) is 14.5 Å². The zero-order valence-corrected chi connectivity index (χ0v) is 18.2. The lowest BCUT2D eigenvalue weighted by atomic mass is 10.1. The number of rotatable bonds is 8. The van der Waals surface area contributed by atoms with Gasteiger partial charge in [0.15, 0.2) is 11.5 Å². The molecule has 9 heteroatoms. The van der Waals surface area contributed by atoms with E-state index < -0.39 is 10.0 Å². The number of pyridine rings is 1. The molecule has 0 aliphatic heterocycles. The van der Waals surface area contributed by atoms with Crippen LogP contribution in [-0.4, -0.2) is 32.7 Å². The van der Waals surface area contributed by atoms with E-state index >= 15 is 0 Å². The van der Waals surface area contributed by atoms with Gasteiger partial charge in [-0.2, -0.15) is 0 Å². The Kier molecular flexibility index (Phi) is 6.76. The summed E-state index contributed by atoms with van der Waals surface area (Å²) in [5.41, 5.74) is 2.77. The summed E-state index contributed by atoms with van der Waals surface area (Å²) >= 11 is 0. The predicted octanol–water partition coefficient (Wildman–Crippen LogP) is 3.60. The molecule has 0 saturated heterocycles. The van der Waals surface area contributed by atoms with Crippen LogP contribution in [0.4, 0.5) is 11.4 Å². The zero-order valence-electron chi connectivity index (χ0n) is 17.4. The van der Waals surface area contributed by atoms with Gasteiger partial charge in [0.05, 0.1) is 19.1 Å². The number of nitrogens with one attached hydrogen (secondary N) is 2. The average Bonchev–Trinajstić information content (AvgIpc) is 2.73. The molecule has 0 saturated carbocycles. The number of nitrogens with zero attached hydrogens (tertiary/aromatic N) is 1. The lowest BCUT2D eigenvalue weighted by Gasteiger charge is -2.14. The molecule has 3 aromatic rings. The molecule has 162 valence electrons. The summed E-state index contributed by atoms with van der Waals surface area (Å²) in [6.07, 6.45) is 4.45. The first-order valence-electron chi connectivity index (χ1n) is 9.35. The number of aryl methyl sites for hydroxylation is 1. The van der Waals surface area contributed by atoms with Gasteiger partial charge in [0.25, 0.3) is 5.91 Å². The van der Waals surface area contributed by atoms with E-state index in [2.05, 4.69) is 15.0 Å². The van der Waals surface area contributed by atoms with Crippen LogP contribution in [0, 0.1) is 6.92 Å². The highest BCUT2D eigenvalue weighted by atomic mass is 32.2. The first-order valence-corrected chi connectivity index (χ1v) is 11.2. The van der Waals surface area contributed by atoms with Crippen LogP contribution in [0.2, 0.25) is 0 Å². The molecule has 0 atom stereocenters. The summed E-state index contributed by atoms with van der Waals surface area (Å²) in [6.45, 7) is 2.05. The first-order chi connectivity index (χ1) is 14.7. The molecule has 2 aromatic carbocycles. The number of sulfonamides is 1. The summed E-state index contributed by atoms with van der Waals surface area (Å²) in [5.74, 6) is 0.601. The summed E-state index contributed by atoms with van der Waals surface area (Å²) in [4.78, 5) is 16.8. The third-order valence-corrected chi connectivity index (χ3v) is 4.92. The smallest absolute Gasteiger partial charge is 0.255 e. The zero-order chi connectivity index (χ0) is 22.4. The number of methoxy groups -OCH3 is 1. The van der Waals surface area contributed by atoms with Crippen molar-refractivity contribution in [3.63, 3.8) is 0 Å². The van der Waals surface area contributed by atoms with E-state index in [-0.39, 0.29) is 5.91 Å². The summed E-state index contributed by atoms with van der Waals surface area (Å²) in [7, 11) is -1.93. The Morgan fingerprint density at radius 1 is 1.10 bits per heavy atom. The molecule has 1 heterocycles. The number of hydrogen-bond acceptors (Lipinski definition) is 6. The quantitative estimate of drug-likeness (QED) is 0.553. The van der Waals surface area contributed by atoms with Gasteiger partial charge >= 0.3 is 0 Å². The Hall–Kier alpha value is -3.59. The minimum Gasteiger partial charge on any atom is -0.493 e. The van der Waals surface area contributed by atoms with Crippen LogP contribution in [-0.2, 0) is 16.6 Å². The Morgan fingerprint density at radius 2 is 1.90 bits per heavy atom. The molecule has 0 unspecified atom stereocenters. The normalized spacial score (nSPS) is 10.9. The van der Waals surface area contributed by atoms with Gasteiger partial charge in [-0.15, -0.1) is 0 Å². The largest absolute Gasteiger partial charge is 0.493 e. The number of hydrogen-bond donors (Lipinski definition) is 2. The van der Waals surface area contributed by atoms with Crippen LogP contribution in [0.5, 0.6) is 11.5 Å². The fourth-order valence-electron chi connectivity index (χ4n) is 2.79. The van der Waals surface area contributed by atoms with Gasteiger partial charge in [-0.25, -0.2) is 8.42 Å². The highest BCUT2D eigenvalue weighted by Gasteiger charge is 2.13. The minimum atomic E-state index is -3.46. The molecule has 31 heavy (non-hydrogen) atoms. The summed E-state index contributed by atoms with van der Waals surface area (Å²) < 4.78 is 36.7. The van der Waals surface area contributed by atoms with E-state index in [0.29, 0.717) is 40.6 Å². The molecule has 1 aromatic heterocycles. The number of carbonyl (C=O) groups is 1. The van der Waals surface area contributed by atoms with Gasteiger partial charge < -0.3 is 14.8 Å². The van der Waals surface area contributed by atoms with Crippen molar-refractivity contribution in [1.29, 1.82) is 0 Å². The first kappa shape index (κ1) is 22.1. The number of amides is 1. The highest BCUT2D eigenvalue weighted by Crippen LogP contribution is 2.31. The van der Waals surface area contributed by atoms with Gasteiger partial charge in [-0.05, 0) is 42.8 Å². The second-order valence-corrected chi connectivity index (χ2v) is 8.62. The minimum absolute atomic E-state index is 0.292. The number of carbonyl (C=O) groups excluding carboxylic acids is 1. The molecule has 0 spiro atoms. The van der Waals surface area contributed by atoms with E-state index in [1.807, 2.05) is 12.1 Å². The second kappa shape index (κ2) is 9.48. The van der Waals surface area contributed by atoms with E-state index in [4.69, 9.17) is 9.47 Å². The van der Waals surface area contributed by atoms with Crippen molar-refractivity contribution in [2.45, 2.75) is 13.5 Å². The van der Waals surface area contributed by atoms with Crippen LogP contribution < -0.4 is 19.5 Å². The summed E-state index contributed by atoms with van der Waals surface area (Å²) in [5, 5.41) is 2.79. The van der Waals surface area contributed by atoms with Crippen LogP contribution in [0.25, 0.3) is 0 Å². The van der Waals surface area contributed by atoms with E-state index in [1.165, 1.54) is 13.2 Å². The molecule has 0 fully saturated rings. The molecule has 0 bridgehead atoms. The monoisotopic (exact) mass is 441 g/mol. The van der Waals surface area contributed by atoms with Crippen molar-refractivity contribution in [1.82, 2.24) is 4.98 Å². The van der Waals surface area contributed by atoms with Gasteiger partial charge in [0.1, 0.15) is 6.61 Å². The number of benzene rings is 2. The van der Waals surface area contributed by atoms with Crippen LogP contribution in [0.3, 0.4) is 0 Å². The fraction of sp³-hybridized carbons (Fsp3) is 0.182. The van der Waals surface area contributed by atoms with Gasteiger partial charge in [-0.1, -0.05) is 12.1 Å². The molecule has 1 amide bonds. The highest BCUT2D eigenvalue weighted by molar-refractivity contribution is 7.92. The van der Waals surface area contributed by atoms with Crippen molar-refractivity contribution >= 4 is 27.3 Å². The van der Waals surface area contributed by atoms with Crippen molar-refractivity contribution < 1.29 is 22.7 Å². The molecule has 3 rings (SSSR count). The molecule has 0 radical (unpaired) electrons. The molecule has 0 aliphatic carbocycles. The van der Waals surface area contributed by atoms with E-state index in [0.717, 1.165) is 11.8 Å². The standard InChI is InChI=1S/C22H23N3O5S/c1-15-6-7-17(11-19(15)25-31(3,27)28)22(26)24-18-8-9-20(29-2)21(12-18)30-14-16-5-4-10-23-13-16/h4-13,25H,14H2,1-3H3,(H,24,26). The molecular formula is C22H23N3O5S. The topological polar surface area (TPSA) is 107 Å². The number of ether oxygens (including phenoxy) is 2. The Bertz CT molecular complexity index is 1180. The second-order valence-electron chi connectivity index (χ2n) is 6.87. The Morgan fingerprint density at radius 3 is 2.58 bits per heavy atom. The fourth-order valence-corrected chi connectivity index (χ4v) is 3.41. The average molecular weight is 442 g/mol. The number of anilines is 2. The predicted molar refractivity (Wildman–Crippen MR) is 119 cm³/mol. The van der Waals surface area contributed by atoms with Crippen molar-refractivity contribution in [2.24, 2.45) is 0 Å². The third kappa shape index (κ3) is 6.19. The maximum atomic E-state index is 12.7. The third-order valence-electron chi connectivity index (χ3n) is 4.33. The number of aromatic nitrogens is 1. The van der Waals surface area contributed by atoms with Crippen molar-refractivity contribution in [3.05, 3.63) is 77.6 Å². The van der Waals surface area contributed by atoms with E-state index in [1.54, 1.807) is 49.6 Å². The summed E-state index contributed by atoms with van der Waals surface area (Å²) in [6, 6.07) is 13.6. The van der Waals surface area contributed by atoms with Crippen LogP contribution in [0.1, 0.15) is 21.5 Å². The molecule has 8 nitrogen and oxygen atoms in total. The van der Waals surface area contributed by atoms with Gasteiger partial charge in [0.2, 0.25) is 10.0 Å². The maximum absolute atomic E-state index is 12.7.